The van der Waals surface area contributed by atoms with Crippen molar-refractivity contribution in [3.63, 3.8) is 0 Å². The van der Waals surface area contributed by atoms with Gasteiger partial charge >= 0.3 is 0 Å². The van der Waals surface area contributed by atoms with E-state index in [2.05, 4.69) is 26.2 Å². The van der Waals surface area contributed by atoms with Crippen molar-refractivity contribution in [3.8, 4) is 0 Å². The predicted octanol–water partition coefficient (Wildman–Crippen LogP) is 4.32. The number of rotatable bonds is 5. The second-order valence-electron chi connectivity index (χ2n) is 6.40. The van der Waals surface area contributed by atoms with Gasteiger partial charge in [-0.3, -0.25) is 9.59 Å². The Labute approximate surface area is 162 Å². The van der Waals surface area contributed by atoms with Crippen LogP contribution in [0.25, 0.3) is 10.9 Å². The number of aryl methyl sites for hydroxylation is 1. The maximum absolute atomic E-state index is 13.2. The lowest BCUT2D eigenvalue weighted by molar-refractivity contribution is 0.0933. The summed E-state index contributed by atoms with van der Waals surface area (Å²) in [6, 6.07) is 10.0. The molecule has 0 saturated carbocycles. The van der Waals surface area contributed by atoms with E-state index in [4.69, 9.17) is 0 Å². The van der Waals surface area contributed by atoms with Crippen LogP contribution in [0.5, 0.6) is 0 Å². The highest BCUT2D eigenvalue weighted by Crippen LogP contribution is 2.16. The normalized spacial score (nSPS) is 12.1. The third-order valence-corrected chi connectivity index (χ3v) is 4.76. The molecule has 1 atom stereocenters. The lowest BCUT2D eigenvalue weighted by atomic mass is 10.1. The molecule has 1 aromatic heterocycles. The second kappa shape index (κ2) is 8.00. The Morgan fingerprint density at radius 2 is 1.93 bits per heavy atom. The number of H-pyrrole nitrogens is 1. The van der Waals surface area contributed by atoms with Gasteiger partial charge in [0.15, 0.2) is 17.1 Å². The van der Waals surface area contributed by atoms with Crippen LogP contribution in [0.3, 0.4) is 0 Å². The van der Waals surface area contributed by atoms with Crippen molar-refractivity contribution >= 4 is 32.7 Å². The number of aromatic nitrogens is 1. The van der Waals surface area contributed by atoms with E-state index in [1.807, 2.05) is 6.92 Å². The van der Waals surface area contributed by atoms with Gasteiger partial charge in [-0.25, -0.2) is 8.78 Å². The molecule has 2 aromatic carbocycles. The van der Waals surface area contributed by atoms with Gasteiger partial charge in [0.1, 0.15) is 5.69 Å². The predicted molar refractivity (Wildman–Crippen MR) is 104 cm³/mol. The van der Waals surface area contributed by atoms with E-state index >= 15 is 0 Å². The van der Waals surface area contributed by atoms with E-state index in [1.54, 1.807) is 18.2 Å². The van der Waals surface area contributed by atoms with Gasteiger partial charge in [0.05, 0.1) is 0 Å². The fourth-order valence-corrected chi connectivity index (χ4v) is 3.15. The number of pyridine rings is 1. The molecule has 0 fully saturated rings. The van der Waals surface area contributed by atoms with E-state index in [-0.39, 0.29) is 17.2 Å². The minimum Gasteiger partial charge on any atom is -0.350 e. The quantitative estimate of drug-likeness (QED) is 0.627. The fraction of sp³-hybridized carbons (Fsp3) is 0.200. The lowest BCUT2D eigenvalue weighted by Crippen LogP contribution is -2.34. The molecule has 4 nitrogen and oxygen atoms in total. The highest BCUT2D eigenvalue weighted by Gasteiger charge is 2.13. The summed E-state index contributed by atoms with van der Waals surface area (Å²) in [5.41, 5.74) is 1.16. The molecule has 1 amide bonds. The molecule has 0 saturated heterocycles. The number of benzene rings is 2. The van der Waals surface area contributed by atoms with Crippen LogP contribution in [0.2, 0.25) is 0 Å². The molecule has 1 heterocycles. The molecule has 2 N–H and O–H groups in total. The summed E-state index contributed by atoms with van der Waals surface area (Å²) in [4.78, 5) is 27.6. The van der Waals surface area contributed by atoms with Gasteiger partial charge in [-0.1, -0.05) is 22.0 Å². The lowest BCUT2D eigenvalue weighted by Gasteiger charge is -2.14. The smallest absolute Gasteiger partial charge is 0.268 e. The number of hydrogen-bond donors (Lipinski definition) is 2. The van der Waals surface area contributed by atoms with E-state index < -0.39 is 17.5 Å². The number of hydrogen-bond acceptors (Lipinski definition) is 2. The van der Waals surface area contributed by atoms with E-state index in [0.29, 0.717) is 29.3 Å². The van der Waals surface area contributed by atoms with Gasteiger partial charge in [-0.2, -0.15) is 0 Å². The maximum Gasteiger partial charge on any atom is 0.268 e. The summed E-state index contributed by atoms with van der Waals surface area (Å²) in [5.74, 6) is -2.16. The van der Waals surface area contributed by atoms with Gasteiger partial charge in [-0.05, 0) is 55.7 Å². The summed E-state index contributed by atoms with van der Waals surface area (Å²) in [6.07, 6.45) is 1.03. The van der Waals surface area contributed by atoms with Crippen LogP contribution in [-0.4, -0.2) is 16.9 Å². The van der Waals surface area contributed by atoms with Crippen LogP contribution in [-0.2, 0) is 6.42 Å². The van der Waals surface area contributed by atoms with Crippen molar-refractivity contribution in [3.05, 3.63) is 80.1 Å². The third-order valence-electron chi connectivity index (χ3n) is 4.26. The van der Waals surface area contributed by atoms with E-state index in [9.17, 15) is 18.4 Å². The Kier molecular flexibility index (Phi) is 5.70. The summed E-state index contributed by atoms with van der Waals surface area (Å²) in [6.45, 7) is 1.81. The first kappa shape index (κ1) is 19.2. The number of carbonyl (C=O) groups excluding carboxylic acids is 1. The topological polar surface area (TPSA) is 62.0 Å². The van der Waals surface area contributed by atoms with Crippen LogP contribution in [0.4, 0.5) is 8.78 Å². The van der Waals surface area contributed by atoms with Crippen molar-refractivity contribution in [2.24, 2.45) is 0 Å². The molecule has 3 aromatic rings. The zero-order valence-corrected chi connectivity index (χ0v) is 16.1. The second-order valence-corrected chi connectivity index (χ2v) is 7.31. The number of fused-ring (bicyclic) bond motifs is 1. The standard InChI is InChI=1S/C20H17BrF2N2O2/c1-11(2-3-12-4-6-15(22)16(23)8-12)24-20(27)18-10-19(26)14-9-13(21)5-7-17(14)25-18/h4-11H,2-3H2,1H3,(H,24,27)(H,25,26). The number of carbonyl (C=O) groups is 1. The summed E-state index contributed by atoms with van der Waals surface area (Å²) < 4.78 is 27.0. The number of nitrogens with one attached hydrogen (secondary N) is 2. The Morgan fingerprint density at radius 3 is 2.67 bits per heavy atom. The van der Waals surface area contributed by atoms with Crippen LogP contribution in [0.15, 0.2) is 51.7 Å². The van der Waals surface area contributed by atoms with Crippen LogP contribution >= 0.6 is 15.9 Å². The molecular formula is C20H17BrF2N2O2. The highest BCUT2D eigenvalue weighted by atomic mass is 79.9. The molecule has 1 unspecified atom stereocenters. The van der Waals surface area contributed by atoms with Crippen LogP contribution < -0.4 is 10.7 Å². The SMILES string of the molecule is CC(CCc1ccc(F)c(F)c1)NC(=O)c1cc(=O)c2cc(Br)ccc2[nH]1. The van der Waals surface area contributed by atoms with Gasteiger partial charge in [0.2, 0.25) is 0 Å². The average molecular weight is 435 g/mol. The van der Waals surface area contributed by atoms with Gasteiger partial charge in [-0.15, -0.1) is 0 Å². The first-order valence-electron chi connectivity index (χ1n) is 8.41. The van der Waals surface area contributed by atoms with Crippen LogP contribution in [0, 0.1) is 11.6 Å². The van der Waals surface area contributed by atoms with Crippen molar-refractivity contribution in [1.82, 2.24) is 10.3 Å². The zero-order valence-electron chi connectivity index (χ0n) is 14.5. The minimum absolute atomic E-state index is 0.175. The Balaban J connectivity index is 1.67. The summed E-state index contributed by atoms with van der Waals surface area (Å²) >= 11 is 3.32. The molecule has 27 heavy (non-hydrogen) atoms. The number of aromatic amines is 1. The van der Waals surface area contributed by atoms with Gasteiger partial charge in [0, 0.05) is 27.5 Å². The van der Waals surface area contributed by atoms with Crippen molar-refractivity contribution in [1.29, 1.82) is 0 Å². The Morgan fingerprint density at radius 1 is 1.15 bits per heavy atom. The molecular weight excluding hydrogens is 418 g/mol. The molecule has 0 radical (unpaired) electrons. The monoisotopic (exact) mass is 434 g/mol. The first-order chi connectivity index (χ1) is 12.8. The Bertz CT molecular complexity index is 1070. The third kappa shape index (κ3) is 4.60. The fourth-order valence-electron chi connectivity index (χ4n) is 2.79. The molecule has 0 spiro atoms. The minimum atomic E-state index is -0.885. The van der Waals surface area contributed by atoms with Crippen molar-refractivity contribution in [2.45, 2.75) is 25.8 Å². The first-order valence-corrected chi connectivity index (χ1v) is 9.20. The Hall–Kier alpha value is -2.54. The molecule has 0 aliphatic rings. The molecule has 140 valence electrons. The maximum atomic E-state index is 13.2. The summed E-state index contributed by atoms with van der Waals surface area (Å²) in [7, 11) is 0. The van der Waals surface area contributed by atoms with Crippen molar-refractivity contribution < 1.29 is 13.6 Å². The van der Waals surface area contributed by atoms with Gasteiger partial charge in [0.25, 0.3) is 5.91 Å². The van der Waals surface area contributed by atoms with Crippen LogP contribution in [0.1, 0.15) is 29.4 Å². The molecule has 0 bridgehead atoms. The number of amides is 1. The van der Waals surface area contributed by atoms with E-state index in [0.717, 1.165) is 16.6 Å². The molecule has 0 aliphatic heterocycles. The molecule has 7 heteroatoms. The highest BCUT2D eigenvalue weighted by molar-refractivity contribution is 9.10. The average Bonchev–Trinajstić information content (AvgIpc) is 2.63. The molecule has 0 aliphatic carbocycles. The van der Waals surface area contributed by atoms with Crippen molar-refractivity contribution in [2.75, 3.05) is 0 Å². The van der Waals surface area contributed by atoms with E-state index in [1.165, 1.54) is 12.1 Å². The summed E-state index contributed by atoms with van der Waals surface area (Å²) in [5, 5.41) is 3.30. The number of halogens is 3. The molecule has 3 rings (SSSR count). The van der Waals surface area contributed by atoms with Gasteiger partial charge < -0.3 is 10.3 Å². The zero-order chi connectivity index (χ0) is 19.6. The largest absolute Gasteiger partial charge is 0.350 e.